The topological polar surface area (TPSA) is 81.8 Å². The Bertz CT molecular complexity index is 450. The predicted octanol–water partition coefficient (Wildman–Crippen LogP) is 1.41. The number of hydrogen-bond donors (Lipinski definition) is 1. The lowest BCUT2D eigenvalue weighted by Crippen LogP contribution is -2.27. The van der Waals surface area contributed by atoms with Crippen molar-refractivity contribution in [3.05, 3.63) is 39.9 Å². The molecule has 0 aromatic heterocycles. The number of ether oxygens (including phenoxy) is 2. The van der Waals surface area contributed by atoms with Crippen LogP contribution in [-0.4, -0.2) is 36.6 Å². The second-order valence-electron chi connectivity index (χ2n) is 4.61. The van der Waals surface area contributed by atoms with Crippen LogP contribution in [0.15, 0.2) is 24.3 Å². The molecule has 104 valence electrons. The molecule has 3 atom stereocenters. The number of hydrogen-bond acceptors (Lipinski definition) is 5. The Morgan fingerprint density at radius 2 is 2.42 bits per heavy atom. The number of benzene rings is 1. The van der Waals surface area contributed by atoms with E-state index in [0.717, 1.165) is 5.56 Å². The summed E-state index contributed by atoms with van der Waals surface area (Å²) in [4.78, 5) is 10.5. The first-order valence-corrected chi connectivity index (χ1v) is 6.17. The van der Waals surface area contributed by atoms with Gasteiger partial charge in [-0.25, -0.2) is 0 Å². The van der Waals surface area contributed by atoms with Crippen LogP contribution in [0.1, 0.15) is 17.9 Å². The molecule has 1 saturated heterocycles. The maximum Gasteiger partial charge on any atom is 0.211 e. The van der Waals surface area contributed by atoms with Crippen molar-refractivity contribution >= 4 is 0 Å². The predicted molar refractivity (Wildman–Crippen MR) is 67.7 cm³/mol. The molecule has 0 saturated carbocycles. The van der Waals surface area contributed by atoms with Crippen molar-refractivity contribution < 1.29 is 19.5 Å². The van der Waals surface area contributed by atoms with E-state index in [1.165, 1.54) is 0 Å². The molecule has 1 fully saturated rings. The van der Waals surface area contributed by atoms with Gasteiger partial charge in [0.1, 0.15) is 5.75 Å². The van der Waals surface area contributed by atoms with Crippen LogP contribution in [0, 0.1) is 16.0 Å². The Hall–Kier alpha value is -1.66. The number of nitrogens with zero attached hydrogens (tertiary/aromatic N) is 1. The quantitative estimate of drug-likeness (QED) is 0.644. The van der Waals surface area contributed by atoms with E-state index in [1.54, 1.807) is 25.3 Å². The Morgan fingerprint density at radius 3 is 3.00 bits per heavy atom. The fourth-order valence-electron chi connectivity index (χ4n) is 2.51. The summed E-state index contributed by atoms with van der Waals surface area (Å²) in [5.74, 6) is 0.0272. The molecule has 0 amide bonds. The summed E-state index contributed by atoms with van der Waals surface area (Å²) in [6, 6.07) is 7.18. The highest BCUT2D eigenvalue weighted by molar-refractivity contribution is 5.31. The third-order valence-electron chi connectivity index (χ3n) is 3.49. The summed E-state index contributed by atoms with van der Waals surface area (Å²) >= 11 is 0. The summed E-state index contributed by atoms with van der Waals surface area (Å²) < 4.78 is 10.2. The zero-order valence-corrected chi connectivity index (χ0v) is 10.7. The van der Waals surface area contributed by atoms with E-state index in [9.17, 15) is 15.2 Å². The van der Waals surface area contributed by atoms with E-state index < -0.39 is 6.29 Å². The molecule has 0 radical (unpaired) electrons. The number of methoxy groups -OCH3 is 1. The monoisotopic (exact) mass is 267 g/mol. The Labute approximate surface area is 111 Å². The lowest BCUT2D eigenvalue weighted by atomic mass is 9.84. The Kier molecular flexibility index (Phi) is 4.34. The van der Waals surface area contributed by atoms with E-state index in [4.69, 9.17) is 9.47 Å². The van der Waals surface area contributed by atoms with Gasteiger partial charge in [-0.3, -0.25) is 10.1 Å². The zero-order valence-electron chi connectivity index (χ0n) is 10.7. The molecule has 6 nitrogen and oxygen atoms in total. The van der Waals surface area contributed by atoms with Crippen molar-refractivity contribution in [1.29, 1.82) is 0 Å². The zero-order chi connectivity index (χ0) is 13.8. The molecule has 6 heteroatoms. The van der Waals surface area contributed by atoms with Crippen LogP contribution in [0.4, 0.5) is 0 Å². The highest BCUT2D eigenvalue weighted by Crippen LogP contribution is 2.35. The maximum absolute atomic E-state index is 10.9. The molecule has 1 N–H and O–H groups in total. The van der Waals surface area contributed by atoms with Crippen molar-refractivity contribution in [2.24, 2.45) is 5.92 Å². The van der Waals surface area contributed by atoms with Gasteiger partial charge < -0.3 is 14.6 Å². The molecule has 2 rings (SSSR count). The van der Waals surface area contributed by atoms with Crippen molar-refractivity contribution in [3.63, 3.8) is 0 Å². The van der Waals surface area contributed by atoms with Gasteiger partial charge in [-0.1, -0.05) is 12.1 Å². The van der Waals surface area contributed by atoms with Gasteiger partial charge in [-0.05, 0) is 24.1 Å². The smallest absolute Gasteiger partial charge is 0.211 e. The van der Waals surface area contributed by atoms with Crippen LogP contribution in [0.3, 0.4) is 0 Å². The summed E-state index contributed by atoms with van der Waals surface area (Å²) in [5, 5.41) is 20.6. The minimum Gasteiger partial charge on any atom is -0.497 e. The summed E-state index contributed by atoms with van der Waals surface area (Å²) in [6.07, 6.45) is -0.312. The third kappa shape index (κ3) is 3.21. The highest BCUT2D eigenvalue weighted by atomic mass is 16.6. The number of aliphatic hydroxyl groups excluding tert-OH is 1. The normalized spacial score (nSPS) is 24.1. The first-order valence-electron chi connectivity index (χ1n) is 6.17. The lowest BCUT2D eigenvalue weighted by Gasteiger charge is -2.22. The SMILES string of the molecule is COc1cccc([C@H](C[N+](=O)[O-])[C@@H]2CCOC2O)c1. The second kappa shape index (κ2) is 5.99. The third-order valence-corrected chi connectivity index (χ3v) is 3.49. The van der Waals surface area contributed by atoms with E-state index in [1.807, 2.05) is 6.07 Å². The minimum absolute atomic E-state index is 0.224. The van der Waals surface area contributed by atoms with E-state index in [-0.39, 0.29) is 23.3 Å². The summed E-state index contributed by atoms with van der Waals surface area (Å²) in [5.41, 5.74) is 0.797. The molecule has 1 heterocycles. The molecule has 1 aromatic carbocycles. The molecule has 1 aromatic rings. The van der Waals surface area contributed by atoms with Crippen LogP contribution in [0.2, 0.25) is 0 Å². The highest BCUT2D eigenvalue weighted by Gasteiger charge is 2.37. The first kappa shape index (κ1) is 13.8. The fourth-order valence-corrected chi connectivity index (χ4v) is 2.51. The van der Waals surface area contributed by atoms with Gasteiger partial charge in [-0.2, -0.15) is 0 Å². The van der Waals surface area contributed by atoms with Gasteiger partial charge in [0.2, 0.25) is 6.54 Å². The molecule has 1 aliphatic heterocycles. The molecule has 0 spiro atoms. The van der Waals surface area contributed by atoms with Crippen molar-refractivity contribution in [3.8, 4) is 5.75 Å². The largest absolute Gasteiger partial charge is 0.497 e. The molecule has 1 unspecified atom stereocenters. The Balaban J connectivity index is 2.27. The number of nitro groups is 1. The molecule has 1 aliphatic rings. The van der Waals surface area contributed by atoms with Gasteiger partial charge >= 0.3 is 0 Å². The van der Waals surface area contributed by atoms with Crippen molar-refractivity contribution in [2.75, 3.05) is 20.3 Å². The standard InChI is InChI=1S/C13H17NO5/c1-18-10-4-2-3-9(7-10)12(8-14(16)17)11-5-6-19-13(11)15/h2-4,7,11-13,15H,5-6,8H2,1H3/t11-,12-,13?/m0/s1. The van der Waals surface area contributed by atoms with Crippen LogP contribution >= 0.6 is 0 Å². The lowest BCUT2D eigenvalue weighted by molar-refractivity contribution is -0.485. The van der Waals surface area contributed by atoms with Crippen LogP contribution in [-0.2, 0) is 4.74 Å². The second-order valence-corrected chi connectivity index (χ2v) is 4.61. The van der Waals surface area contributed by atoms with Gasteiger partial charge in [0.05, 0.1) is 19.6 Å². The molecule has 19 heavy (non-hydrogen) atoms. The van der Waals surface area contributed by atoms with Crippen LogP contribution < -0.4 is 4.74 Å². The molecule has 0 bridgehead atoms. The Morgan fingerprint density at radius 1 is 1.63 bits per heavy atom. The minimum atomic E-state index is -0.934. The van der Waals surface area contributed by atoms with Gasteiger partial charge in [0.25, 0.3) is 0 Å². The van der Waals surface area contributed by atoms with Gasteiger partial charge in [0.15, 0.2) is 6.29 Å². The average molecular weight is 267 g/mol. The fraction of sp³-hybridized carbons (Fsp3) is 0.538. The molecular formula is C13H17NO5. The summed E-state index contributed by atoms with van der Waals surface area (Å²) in [6.45, 7) is 0.211. The van der Waals surface area contributed by atoms with Crippen molar-refractivity contribution in [1.82, 2.24) is 0 Å². The average Bonchev–Trinajstić information content (AvgIpc) is 2.82. The first-order chi connectivity index (χ1) is 9.11. The van der Waals surface area contributed by atoms with E-state index >= 15 is 0 Å². The number of rotatable bonds is 5. The molecular weight excluding hydrogens is 250 g/mol. The van der Waals surface area contributed by atoms with E-state index in [0.29, 0.717) is 18.8 Å². The summed E-state index contributed by atoms with van der Waals surface area (Å²) in [7, 11) is 1.55. The maximum atomic E-state index is 10.9. The van der Waals surface area contributed by atoms with Crippen LogP contribution in [0.25, 0.3) is 0 Å². The van der Waals surface area contributed by atoms with Gasteiger partial charge in [-0.15, -0.1) is 0 Å². The van der Waals surface area contributed by atoms with Gasteiger partial charge in [0, 0.05) is 10.8 Å². The molecule has 0 aliphatic carbocycles. The number of aliphatic hydroxyl groups is 1. The van der Waals surface area contributed by atoms with Crippen LogP contribution in [0.5, 0.6) is 5.75 Å². The van der Waals surface area contributed by atoms with E-state index in [2.05, 4.69) is 0 Å². The van der Waals surface area contributed by atoms with Crippen molar-refractivity contribution in [2.45, 2.75) is 18.6 Å².